The van der Waals surface area contributed by atoms with Gasteiger partial charge in [0, 0.05) is 12.6 Å². The van der Waals surface area contributed by atoms with Crippen molar-refractivity contribution in [2.75, 3.05) is 6.61 Å². The van der Waals surface area contributed by atoms with Crippen molar-refractivity contribution in [1.82, 2.24) is 4.72 Å². The number of rotatable bonds is 7. The van der Waals surface area contributed by atoms with Crippen LogP contribution in [0.4, 0.5) is 0 Å². The Kier molecular flexibility index (Phi) is 5.94. The molecule has 0 bridgehead atoms. The summed E-state index contributed by atoms with van der Waals surface area (Å²) >= 11 is 5.69. The zero-order valence-corrected chi connectivity index (χ0v) is 12.4. The van der Waals surface area contributed by atoms with E-state index >= 15 is 0 Å². The number of carboxylic acids is 1. The van der Waals surface area contributed by atoms with E-state index in [1.54, 1.807) is 6.92 Å². The molecule has 20 heavy (non-hydrogen) atoms. The monoisotopic (exact) mass is 321 g/mol. The molecule has 0 fully saturated rings. The molecule has 0 radical (unpaired) electrons. The van der Waals surface area contributed by atoms with Crippen molar-refractivity contribution in [3.63, 3.8) is 0 Å². The van der Waals surface area contributed by atoms with Gasteiger partial charge in [-0.05, 0) is 31.0 Å². The van der Waals surface area contributed by atoms with E-state index in [4.69, 9.17) is 21.8 Å². The SMILES string of the molecule is CCC(CCO)NS(=O)(=O)c1ccc(Cl)c(C(=O)O)c1. The summed E-state index contributed by atoms with van der Waals surface area (Å²) in [4.78, 5) is 10.8. The first-order valence-corrected chi connectivity index (χ1v) is 7.84. The highest BCUT2D eigenvalue weighted by atomic mass is 35.5. The Labute approximate surface area is 122 Å². The van der Waals surface area contributed by atoms with E-state index in [1.807, 2.05) is 0 Å². The van der Waals surface area contributed by atoms with Crippen LogP contribution in [0.15, 0.2) is 23.1 Å². The van der Waals surface area contributed by atoms with Gasteiger partial charge in [-0.2, -0.15) is 0 Å². The molecule has 0 spiro atoms. The quantitative estimate of drug-likeness (QED) is 0.705. The fourth-order valence-corrected chi connectivity index (χ4v) is 3.20. The Morgan fingerprint density at radius 3 is 2.60 bits per heavy atom. The van der Waals surface area contributed by atoms with Gasteiger partial charge < -0.3 is 10.2 Å². The van der Waals surface area contributed by atoms with Crippen molar-refractivity contribution in [1.29, 1.82) is 0 Å². The lowest BCUT2D eigenvalue weighted by molar-refractivity contribution is 0.0697. The second-order valence-electron chi connectivity index (χ2n) is 4.19. The topological polar surface area (TPSA) is 104 Å². The van der Waals surface area contributed by atoms with Crippen molar-refractivity contribution >= 4 is 27.6 Å². The number of carboxylic acid groups (broad SMARTS) is 1. The number of aliphatic hydroxyl groups is 1. The molecule has 8 heteroatoms. The molecule has 1 unspecified atom stereocenters. The van der Waals surface area contributed by atoms with Gasteiger partial charge in [-0.15, -0.1) is 0 Å². The van der Waals surface area contributed by atoms with Gasteiger partial charge in [0.05, 0.1) is 15.5 Å². The summed E-state index contributed by atoms with van der Waals surface area (Å²) in [5.41, 5.74) is -0.273. The van der Waals surface area contributed by atoms with E-state index in [0.717, 1.165) is 6.07 Å². The van der Waals surface area contributed by atoms with Crippen LogP contribution in [0.3, 0.4) is 0 Å². The van der Waals surface area contributed by atoms with Gasteiger partial charge in [-0.1, -0.05) is 18.5 Å². The summed E-state index contributed by atoms with van der Waals surface area (Å²) < 4.78 is 26.7. The van der Waals surface area contributed by atoms with Crippen LogP contribution in [-0.2, 0) is 10.0 Å². The van der Waals surface area contributed by atoms with Crippen LogP contribution in [0.5, 0.6) is 0 Å². The minimum atomic E-state index is -3.85. The molecule has 1 rings (SSSR count). The predicted molar refractivity (Wildman–Crippen MR) is 74.5 cm³/mol. The summed E-state index contributed by atoms with van der Waals surface area (Å²) in [7, 11) is -3.85. The molecule has 1 aromatic carbocycles. The highest BCUT2D eigenvalue weighted by Crippen LogP contribution is 2.21. The van der Waals surface area contributed by atoms with Crippen LogP contribution in [0.1, 0.15) is 30.1 Å². The number of nitrogens with one attached hydrogen (secondary N) is 1. The summed E-state index contributed by atoms with van der Waals surface area (Å²) in [6.07, 6.45) is 0.800. The largest absolute Gasteiger partial charge is 0.478 e. The molecular formula is C12H16ClNO5S. The molecule has 1 atom stereocenters. The Balaban J connectivity index is 3.09. The first-order valence-electron chi connectivity index (χ1n) is 5.97. The molecule has 0 aromatic heterocycles. The van der Waals surface area contributed by atoms with Crippen LogP contribution >= 0.6 is 11.6 Å². The minimum absolute atomic E-state index is 0.0288. The van der Waals surface area contributed by atoms with Gasteiger partial charge in [-0.3, -0.25) is 0 Å². The van der Waals surface area contributed by atoms with E-state index < -0.39 is 22.0 Å². The average Bonchev–Trinajstić information content (AvgIpc) is 2.37. The molecule has 1 aromatic rings. The lowest BCUT2D eigenvalue weighted by atomic mass is 10.2. The fraction of sp³-hybridized carbons (Fsp3) is 0.417. The molecule has 6 nitrogen and oxygen atoms in total. The highest BCUT2D eigenvalue weighted by Gasteiger charge is 2.21. The van der Waals surface area contributed by atoms with Crippen molar-refractivity contribution in [3.05, 3.63) is 28.8 Å². The van der Waals surface area contributed by atoms with E-state index in [0.29, 0.717) is 6.42 Å². The number of halogens is 1. The van der Waals surface area contributed by atoms with E-state index in [-0.39, 0.29) is 28.5 Å². The van der Waals surface area contributed by atoms with E-state index in [9.17, 15) is 13.2 Å². The molecule has 0 amide bonds. The third-order valence-electron chi connectivity index (χ3n) is 2.77. The third-order valence-corrected chi connectivity index (χ3v) is 4.62. The standard InChI is InChI=1S/C12H16ClNO5S/c1-2-8(5-6-15)14-20(18,19)9-3-4-11(13)10(7-9)12(16)17/h3-4,7-8,14-15H,2,5-6H2,1H3,(H,16,17). The molecule has 3 N–H and O–H groups in total. The Bertz CT molecular complexity index is 588. The van der Waals surface area contributed by atoms with Crippen LogP contribution in [0.2, 0.25) is 5.02 Å². The van der Waals surface area contributed by atoms with Gasteiger partial charge in [-0.25, -0.2) is 17.9 Å². The zero-order chi connectivity index (χ0) is 15.3. The second-order valence-corrected chi connectivity index (χ2v) is 6.31. The smallest absolute Gasteiger partial charge is 0.337 e. The molecule has 0 aliphatic heterocycles. The lowest BCUT2D eigenvalue weighted by Gasteiger charge is -2.16. The van der Waals surface area contributed by atoms with Gasteiger partial charge >= 0.3 is 5.97 Å². The molecule has 0 aliphatic rings. The van der Waals surface area contributed by atoms with Gasteiger partial charge in [0.2, 0.25) is 10.0 Å². The maximum Gasteiger partial charge on any atom is 0.337 e. The first kappa shape index (κ1) is 16.9. The summed E-state index contributed by atoms with van der Waals surface area (Å²) in [5.74, 6) is -1.30. The molecule has 112 valence electrons. The van der Waals surface area contributed by atoms with E-state index in [2.05, 4.69) is 4.72 Å². The van der Waals surface area contributed by atoms with Crippen LogP contribution in [0, 0.1) is 0 Å². The number of aliphatic hydroxyl groups excluding tert-OH is 1. The molecular weight excluding hydrogens is 306 g/mol. The van der Waals surface area contributed by atoms with Crippen LogP contribution in [-0.4, -0.2) is 37.2 Å². The van der Waals surface area contributed by atoms with Gasteiger partial charge in [0.25, 0.3) is 0 Å². The molecule has 0 heterocycles. The second kappa shape index (κ2) is 7.03. The van der Waals surface area contributed by atoms with Crippen molar-refractivity contribution in [2.45, 2.75) is 30.7 Å². The van der Waals surface area contributed by atoms with Gasteiger partial charge in [0.1, 0.15) is 0 Å². The Morgan fingerprint density at radius 1 is 1.45 bits per heavy atom. The van der Waals surface area contributed by atoms with Crippen LogP contribution in [0.25, 0.3) is 0 Å². The maximum atomic E-state index is 12.1. The molecule has 0 aliphatic carbocycles. The number of sulfonamides is 1. The third kappa shape index (κ3) is 4.17. The highest BCUT2D eigenvalue weighted by molar-refractivity contribution is 7.89. The molecule has 0 saturated heterocycles. The summed E-state index contributed by atoms with van der Waals surface area (Å²) in [5, 5.41) is 17.8. The maximum absolute atomic E-state index is 12.1. The summed E-state index contributed by atoms with van der Waals surface area (Å²) in [6.45, 7) is 1.65. The van der Waals surface area contributed by atoms with E-state index in [1.165, 1.54) is 12.1 Å². The number of hydrogen-bond acceptors (Lipinski definition) is 4. The average molecular weight is 322 g/mol. The van der Waals surface area contributed by atoms with Gasteiger partial charge in [0.15, 0.2) is 0 Å². The lowest BCUT2D eigenvalue weighted by Crippen LogP contribution is -2.35. The van der Waals surface area contributed by atoms with Crippen molar-refractivity contribution in [2.24, 2.45) is 0 Å². The number of hydrogen-bond donors (Lipinski definition) is 3. The van der Waals surface area contributed by atoms with Crippen LogP contribution < -0.4 is 4.72 Å². The normalized spacial score (nSPS) is 13.2. The first-order chi connectivity index (χ1) is 9.31. The van der Waals surface area contributed by atoms with Crippen molar-refractivity contribution < 1.29 is 23.4 Å². The number of benzene rings is 1. The minimum Gasteiger partial charge on any atom is -0.478 e. The number of aromatic carboxylic acids is 1. The Hall–Kier alpha value is -1.15. The van der Waals surface area contributed by atoms with Crippen molar-refractivity contribution in [3.8, 4) is 0 Å². The zero-order valence-electron chi connectivity index (χ0n) is 10.8. The Morgan fingerprint density at radius 2 is 2.10 bits per heavy atom. The fourth-order valence-electron chi connectivity index (χ4n) is 1.63. The summed E-state index contributed by atoms with van der Waals surface area (Å²) in [6, 6.07) is 3.07. The molecule has 0 saturated carbocycles. The number of carbonyl (C=O) groups is 1. The predicted octanol–water partition coefficient (Wildman–Crippen LogP) is 1.48.